The first-order chi connectivity index (χ1) is 8.26. The minimum absolute atomic E-state index is 0.461. The summed E-state index contributed by atoms with van der Waals surface area (Å²) in [5.74, 6) is 0. The van der Waals surface area contributed by atoms with Crippen LogP contribution in [0.2, 0.25) is 0 Å². The summed E-state index contributed by atoms with van der Waals surface area (Å²) in [6.07, 6.45) is 5.77. The van der Waals surface area contributed by atoms with E-state index in [0.717, 1.165) is 37.1 Å². The van der Waals surface area contributed by atoms with E-state index in [0.29, 0.717) is 6.04 Å². The third-order valence-electron chi connectivity index (χ3n) is 2.55. The number of likely N-dealkylation sites (N-methyl/N-ethyl adjacent to an activating group) is 1. The Balaban J connectivity index is 2.47. The van der Waals surface area contributed by atoms with Crippen molar-refractivity contribution in [1.82, 2.24) is 10.3 Å². The predicted octanol–water partition coefficient (Wildman–Crippen LogP) is 2.79. The average molecular weight is 301 g/mol. The van der Waals surface area contributed by atoms with Crippen molar-refractivity contribution in [3.63, 3.8) is 0 Å². The average Bonchev–Trinajstić information content (AvgIpc) is 2.29. The van der Waals surface area contributed by atoms with Crippen LogP contribution in [0, 0.1) is 0 Å². The molecule has 0 radical (unpaired) electrons. The second-order valence-electron chi connectivity index (χ2n) is 3.96. The van der Waals surface area contributed by atoms with Gasteiger partial charge in [0.1, 0.15) is 0 Å². The van der Waals surface area contributed by atoms with Crippen molar-refractivity contribution in [2.75, 3.05) is 19.8 Å². The van der Waals surface area contributed by atoms with Gasteiger partial charge in [-0.15, -0.1) is 0 Å². The fraction of sp³-hybridized carbons (Fsp3) is 0.615. The molecule has 1 heterocycles. The Kier molecular flexibility index (Phi) is 7.40. The molecule has 1 N–H and O–H groups in total. The maximum atomic E-state index is 5.41. The molecule has 0 fully saturated rings. The summed E-state index contributed by atoms with van der Waals surface area (Å²) in [5.41, 5.74) is 1.25. The number of hydrogen-bond donors (Lipinski definition) is 1. The van der Waals surface area contributed by atoms with Gasteiger partial charge in [0.05, 0.1) is 0 Å². The fourth-order valence-corrected chi connectivity index (χ4v) is 2.20. The van der Waals surface area contributed by atoms with E-state index in [9.17, 15) is 0 Å². The number of pyridine rings is 1. The summed E-state index contributed by atoms with van der Waals surface area (Å²) in [6.45, 7) is 6.75. The molecule has 0 spiro atoms. The van der Waals surface area contributed by atoms with E-state index in [1.807, 2.05) is 19.3 Å². The molecule has 0 amide bonds. The zero-order valence-corrected chi connectivity index (χ0v) is 12.2. The Morgan fingerprint density at radius 1 is 1.41 bits per heavy atom. The molecule has 1 rings (SSSR count). The fourth-order valence-electron chi connectivity index (χ4n) is 1.79. The van der Waals surface area contributed by atoms with Crippen LogP contribution < -0.4 is 5.32 Å². The standard InChI is InChI=1S/C13H21BrN2O/c1-3-16-13(5-6-17-4-2)8-11-7-12(14)10-15-9-11/h7,9-10,13,16H,3-6,8H2,1-2H3. The highest BCUT2D eigenvalue weighted by Gasteiger charge is 2.08. The molecule has 0 aliphatic heterocycles. The Bertz CT molecular complexity index is 320. The maximum absolute atomic E-state index is 5.41. The van der Waals surface area contributed by atoms with Gasteiger partial charge in [-0.2, -0.15) is 0 Å². The van der Waals surface area contributed by atoms with Crippen molar-refractivity contribution in [2.45, 2.75) is 32.7 Å². The van der Waals surface area contributed by atoms with Crippen molar-refractivity contribution in [1.29, 1.82) is 0 Å². The monoisotopic (exact) mass is 300 g/mol. The van der Waals surface area contributed by atoms with Gasteiger partial charge in [0.2, 0.25) is 0 Å². The molecule has 0 aromatic carbocycles. The molecule has 0 saturated carbocycles. The quantitative estimate of drug-likeness (QED) is 0.750. The second-order valence-corrected chi connectivity index (χ2v) is 4.87. The highest BCUT2D eigenvalue weighted by Crippen LogP contribution is 2.12. The molecule has 0 saturated heterocycles. The number of halogens is 1. The van der Waals surface area contributed by atoms with Crippen LogP contribution in [0.25, 0.3) is 0 Å². The normalized spacial score (nSPS) is 12.6. The van der Waals surface area contributed by atoms with Crippen molar-refractivity contribution in [3.05, 3.63) is 28.5 Å². The maximum Gasteiger partial charge on any atom is 0.0480 e. The first-order valence-corrected chi connectivity index (χ1v) is 6.96. The van der Waals surface area contributed by atoms with Gasteiger partial charge in [0.25, 0.3) is 0 Å². The van der Waals surface area contributed by atoms with Gasteiger partial charge in [0, 0.05) is 36.1 Å². The van der Waals surface area contributed by atoms with Crippen molar-refractivity contribution < 1.29 is 4.74 Å². The lowest BCUT2D eigenvalue weighted by Gasteiger charge is -2.17. The Morgan fingerprint density at radius 2 is 2.24 bits per heavy atom. The van der Waals surface area contributed by atoms with Crippen molar-refractivity contribution >= 4 is 15.9 Å². The van der Waals surface area contributed by atoms with Crippen LogP contribution in [-0.2, 0) is 11.2 Å². The minimum Gasteiger partial charge on any atom is -0.382 e. The van der Waals surface area contributed by atoms with Crippen LogP contribution in [0.3, 0.4) is 0 Å². The van der Waals surface area contributed by atoms with E-state index in [4.69, 9.17) is 4.74 Å². The molecule has 1 aromatic heterocycles. The lowest BCUT2D eigenvalue weighted by Crippen LogP contribution is -2.32. The van der Waals surface area contributed by atoms with Crippen LogP contribution in [0.1, 0.15) is 25.8 Å². The SMILES string of the molecule is CCNC(CCOCC)Cc1cncc(Br)c1. The molecule has 0 aliphatic rings. The number of hydrogen-bond acceptors (Lipinski definition) is 3. The number of nitrogens with zero attached hydrogens (tertiary/aromatic N) is 1. The van der Waals surface area contributed by atoms with Crippen molar-refractivity contribution in [3.8, 4) is 0 Å². The molecular weight excluding hydrogens is 280 g/mol. The van der Waals surface area contributed by atoms with Crippen LogP contribution in [0.4, 0.5) is 0 Å². The van der Waals surface area contributed by atoms with Gasteiger partial charge in [0.15, 0.2) is 0 Å². The van der Waals surface area contributed by atoms with E-state index < -0.39 is 0 Å². The predicted molar refractivity (Wildman–Crippen MR) is 74.2 cm³/mol. The molecule has 1 aromatic rings. The van der Waals surface area contributed by atoms with Gasteiger partial charge >= 0.3 is 0 Å². The summed E-state index contributed by atoms with van der Waals surface area (Å²) < 4.78 is 6.44. The van der Waals surface area contributed by atoms with E-state index >= 15 is 0 Å². The van der Waals surface area contributed by atoms with E-state index in [-0.39, 0.29) is 0 Å². The summed E-state index contributed by atoms with van der Waals surface area (Å²) in [6, 6.07) is 2.58. The van der Waals surface area contributed by atoms with Gasteiger partial charge in [-0.25, -0.2) is 0 Å². The van der Waals surface area contributed by atoms with Crippen molar-refractivity contribution in [2.24, 2.45) is 0 Å². The Labute approximate surface area is 112 Å². The molecule has 1 atom stereocenters. The lowest BCUT2D eigenvalue weighted by molar-refractivity contribution is 0.136. The number of aromatic nitrogens is 1. The lowest BCUT2D eigenvalue weighted by atomic mass is 10.1. The van der Waals surface area contributed by atoms with Gasteiger partial charge in [-0.1, -0.05) is 6.92 Å². The zero-order valence-electron chi connectivity index (χ0n) is 10.6. The molecule has 0 bridgehead atoms. The summed E-state index contributed by atoms with van der Waals surface area (Å²) >= 11 is 3.45. The van der Waals surface area contributed by atoms with Crippen LogP contribution in [-0.4, -0.2) is 30.8 Å². The smallest absolute Gasteiger partial charge is 0.0480 e. The van der Waals surface area contributed by atoms with Crippen LogP contribution in [0.15, 0.2) is 22.9 Å². The molecule has 3 nitrogen and oxygen atoms in total. The molecule has 17 heavy (non-hydrogen) atoms. The van der Waals surface area contributed by atoms with Crippen LogP contribution in [0.5, 0.6) is 0 Å². The van der Waals surface area contributed by atoms with E-state index in [1.165, 1.54) is 5.56 Å². The summed E-state index contributed by atoms with van der Waals surface area (Å²) in [4.78, 5) is 4.19. The van der Waals surface area contributed by atoms with E-state index in [1.54, 1.807) is 0 Å². The molecule has 0 aliphatic carbocycles. The largest absolute Gasteiger partial charge is 0.382 e. The van der Waals surface area contributed by atoms with Gasteiger partial charge in [-0.3, -0.25) is 4.98 Å². The van der Waals surface area contributed by atoms with Gasteiger partial charge < -0.3 is 10.1 Å². The topological polar surface area (TPSA) is 34.1 Å². The number of ether oxygens (including phenoxy) is 1. The molecule has 1 unspecified atom stereocenters. The van der Waals surface area contributed by atoms with Crippen LogP contribution >= 0.6 is 15.9 Å². The molecular formula is C13H21BrN2O. The second kappa shape index (κ2) is 8.61. The van der Waals surface area contributed by atoms with E-state index in [2.05, 4.69) is 39.2 Å². The Morgan fingerprint density at radius 3 is 2.88 bits per heavy atom. The first kappa shape index (κ1) is 14.6. The Hall–Kier alpha value is -0.450. The first-order valence-electron chi connectivity index (χ1n) is 6.16. The summed E-state index contributed by atoms with van der Waals surface area (Å²) in [7, 11) is 0. The minimum atomic E-state index is 0.461. The molecule has 4 heteroatoms. The third-order valence-corrected chi connectivity index (χ3v) is 2.98. The number of rotatable bonds is 8. The van der Waals surface area contributed by atoms with Gasteiger partial charge in [-0.05, 0) is 53.9 Å². The summed E-state index contributed by atoms with van der Waals surface area (Å²) in [5, 5.41) is 3.49. The third kappa shape index (κ3) is 6.15. The number of nitrogens with one attached hydrogen (secondary N) is 1. The highest BCUT2D eigenvalue weighted by atomic mass is 79.9. The zero-order chi connectivity index (χ0) is 12.5. The molecule has 96 valence electrons. The highest BCUT2D eigenvalue weighted by molar-refractivity contribution is 9.10.